The molecule has 0 saturated heterocycles. The molecule has 0 aliphatic heterocycles. The van der Waals surface area contributed by atoms with E-state index in [4.69, 9.17) is 5.53 Å². The number of aromatic nitrogens is 1. The van der Waals surface area contributed by atoms with Gasteiger partial charge in [0.1, 0.15) is 0 Å². The van der Waals surface area contributed by atoms with Crippen molar-refractivity contribution in [1.29, 1.82) is 0 Å². The number of rotatable bonds is 1. The second-order valence-electron chi connectivity index (χ2n) is 1.11. The van der Waals surface area contributed by atoms with Gasteiger partial charge in [-0.25, -0.2) is 4.98 Å². The van der Waals surface area contributed by atoms with Crippen LogP contribution in [0.1, 0.15) is 5.01 Å². The lowest BCUT2D eigenvalue weighted by atomic mass is 10.8. The van der Waals surface area contributed by atoms with Crippen LogP contribution in [0, 0.1) is 0 Å². The predicted molar refractivity (Wildman–Crippen MR) is 30.9 cm³/mol. The van der Waals surface area contributed by atoms with Crippen LogP contribution >= 0.6 is 11.3 Å². The molecule has 0 saturated carbocycles. The number of hydrogen-bond acceptors (Lipinski definition) is 2. The zero-order valence-electron chi connectivity index (χ0n) is 3.98. The van der Waals surface area contributed by atoms with Gasteiger partial charge in [0.05, 0.1) is 0 Å². The Labute approximate surface area is 50.2 Å². The van der Waals surface area contributed by atoms with Gasteiger partial charge in [-0.3, -0.25) is 0 Å². The average molecular weight is 125 g/mol. The fourth-order valence-corrected chi connectivity index (χ4v) is 0.838. The third-order valence-corrected chi connectivity index (χ3v) is 1.33. The molecule has 0 aliphatic rings. The van der Waals surface area contributed by atoms with Gasteiger partial charge in [0.2, 0.25) is 0 Å². The maximum absolute atomic E-state index is 7.97. The Kier molecular flexibility index (Phi) is 1.51. The SMILES string of the molecule is [N-]=[N+]=Cc1nccs1. The van der Waals surface area contributed by atoms with Crippen LogP contribution in [0.4, 0.5) is 0 Å². The van der Waals surface area contributed by atoms with E-state index in [1.54, 1.807) is 6.20 Å². The molecular weight excluding hydrogens is 122 g/mol. The van der Waals surface area contributed by atoms with Crippen molar-refractivity contribution in [2.75, 3.05) is 0 Å². The first kappa shape index (κ1) is 5.15. The fourth-order valence-electron chi connectivity index (χ4n) is 0.348. The van der Waals surface area contributed by atoms with Crippen molar-refractivity contribution in [2.24, 2.45) is 0 Å². The molecule has 0 aromatic carbocycles. The third-order valence-electron chi connectivity index (χ3n) is 0.620. The summed E-state index contributed by atoms with van der Waals surface area (Å²) < 4.78 is 0. The van der Waals surface area contributed by atoms with Gasteiger partial charge in [-0.15, -0.1) is 11.3 Å². The molecule has 1 aromatic heterocycles. The first-order chi connectivity index (χ1) is 3.93. The minimum atomic E-state index is 0.715. The van der Waals surface area contributed by atoms with Crippen LogP contribution in [0.2, 0.25) is 0 Å². The van der Waals surface area contributed by atoms with Crippen molar-refractivity contribution in [3.63, 3.8) is 0 Å². The van der Waals surface area contributed by atoms with E-state index in [-0.39, 0.29) is 0 Å². The normalized spacial score (nSPS) is 8.00. The molecule has 0 unspecified atom stereocenters. The monoisotopic (exact) mass is 125 g/mol. The molecule has 1 aromatic rings. The van der Waals surface area contributed by atoms with Crippen LogP contribution in [-0.2, 0) is 0 Å². The highest BCUT2D eigenvalue weighted by Crippen LogP contribution is 1.97. The first-order valence-electron chi connectivity index (χ1n) is 2.00. The minimum Gasteiger partial charge on any atom is -0.361 e. The topological polar surface area (TPSA) is 49.3 Å². The van der Waals surface area contributed by atoms with E-state index in [1.165, 1.54) is 17.6 Å². The van der Waals surface area contributed by atoms with Gasteiger partial charge in [0, 0.05) is 11.6 Å². The van der Waals surface area contributed by atoms with Crippen molar-refractivity contribution >= 4 is 17.6 Å². The Balaban J connectivity index is 2.93. The summed E-state index contributed by atoms with van der Waals surface area (Å²) in [5.41, 5.74) is 7.97. The molecule has 0 N–H and O–H groups in total. The molecule has 4 heteroatoms. The average Bonchev–Trinajstić information content (AvgIpc) is 2.19. The van der Waals surface area contributed by atoms with Gasteiger partial charge in [-0.1, -0.05) is 0 Å². The zero-order valence-corrected chi connectivity index (χ0v) is 4.80. The lowest BCUT2D eigenvalue weighted by Gasteiger charge is -1.62. The summed E-state index contributed by atoms with van der Waals surface area (Å²) in [6.45, 7) is 0. The number of thiazole rings is 1. The Morgan fingerprint density at radius 1 is 1.88 bits per heavy atom. The second-order valence-corrected chi connectivity index (χ2v) is 2.04. The van der Waals surface area contributed by atoms with E-state index < -0.39 is 0 Å². The van der Waals surface area contributed by atoms with Gasteiger partial charge in [0.25, 0.3) is 0 Å². The van der Waals surface area contributed by atoms with Crippen LogP contribution in [0.5, 0.6) is 0 Å². The summed E-state index contributed by atoms with van der Waals surface area (Å²) in [5, 5.41) is 2.53. The molecule has 0 aliphatic carbocycles. The minimum absolute atomic E-state index is 0.715. The lowest BCUT2D eigenvalue weighted by Crippen LogP contribution is -1.74. The molecule has 40 valence electrons. The van der Waals surface area contributed by atoms with E-state index in [1.807, 2.05) is 5.38 Å². The molecule has 0 fully saturated rings. The Bertz CT molecular complexity index is 197. The van der Waals surface area contributed by atoms with Gasteiger partial charge in [-0.05, 0) is 0 Å². The number of nitrogens with zero attached hydrogens (tertiary/aromatic N) is 3. The summed E-state index contributed by atoms with van der Waals surface area (Å²) in [7, 11) is 0. The maximum Gasteiger partial charge on any atom is 0.316 e. The molecule has 0 spiro atoms. The van der Waals surface area contributed by atoms with Crippen molar-refractivity contribution in [3.05, 3.63) is 22.1 Å². The summed E-state index contributed by atoms with van der Waals surface area (Å²) in [4.78, 5) is 6.62. The Hall–Kier alpha value is -0.990. The second kappa shape index (κ2) is 2.35. The van der Waals surface area contributed by atoms with Gasteiger partial charge >= 0.3 is 6.21 Å². The number of hydrogen-bond donors (Lipinski definition) is 0. The lowest BCUT2D eigenvalue weighted by molar-refractivity contribution is 0.00455. The quantitative estimate of drug-likeness (QED) is 0.311. The third kappa shape index (κ3) is 0.992. The van der Waals surface area contributed by atoms with Gasteiger partial charge in [-0.2, -0.15) is 4.79 Å². The smallest absolute Gasteiger partial charge is 0.316 e. The van der Waals surface area contributed by atoms with E-state index in [2.05, 4.69) is 9.77 Å². The van der Waals surface area contributed by atoms with Crippen LogP contribution < -0.4 is 0 Å². The molecule has 1 rings (SSSR count). The van der Waals surface area contributed by atoms with Crippen molar-refractivity contribution in [3.8, 4) is 0 Å². The highest BCUT2D eigenvalue weighted by molar-refractivity contribution is 7.11. The van der Waals surface area contributed by atoms with E-state index in [0.717, 1.165) is 0 Å². The summed E-state index contributed by atoms with van der Waals surface area (Å²) in [5.74, 6) is 0. The van der Waals surface area contributed by atoms with E-state index in [0.29, 0.717) is 5.01 Å². The highest BCUT2D eigenvalue weighted by atomic mass is 32.1. The van der Waals surface area contributed by atoms with Crippen LogP contribution in [0.15, 0.2) is 11.6 Å². The molecule has 0 radical (unpaired) electrons. The van der Waals surface area contributed by atoms with Crippen LogP contribution in [0.25, 0.3) is 5.53 Å². The largest absolute Gasteiger partial charge is 0.361 e. The summed E-state index contributed by atoms with van der Waals surface area (Å²) in [6.07, 6.45) is 2.95. The summed E-state index contributed by atoms with van der Waals surface area (Å²) >= 11 is 1.43. The Morgan fingerprint density at radius 2 is 2.75 bits per heavy atom. The van der Waals surface area contributed by atoms with Gasteiger partial charge in [0.15, 0.2) is 5.01 Å². The van der Waals surface area contributed by atoms with Crippen LogP contribution in [-0.4, -0.2) is 16.0 Å². The van der Waals surface area contributed by atoms with Gasteiger partial charge < -0.3 is 5.53 Å². The van der Waals surface area contributed by atoms with Crippen LogP contribution in [0.3, 0.4) is 0 Å². The molecule has 0 atom stereocenters. The van der Waals surface area contributed by atoms with Crippen molar-refractivity contribution < 1.29 is 4.79 Å². The molecule has 8 heavy (non-hydrogen) atoms. The molecule has 0 amide bonds. The van der Waals surface area contributed by atoms with Crippen molar-refractivity contribution in [2.45, 2.75) is 0 Å². The van der Waals surface area contributed by atoms with E-state index >= 15 is 0 Å². The first-order valence-corrected chi connectivity index (χ1v) is 2.88. The zero-order chi connectivity index (χ0) is 5.82. The molecular formula is C4H3N3S. The molecule has 3 nitrogen and oxygen atoms in total. The van der Waals surface area contributed by atoms with Crippen molar-refractivity contribution in [1.82, 2.24) is 4.98 Å². The van der Waals surface area contributed by atoms with E-state index in [9.17, 15) is 0 Å². The predicted octanol–water partition coefficient (Wildman–Crippen LogP) is 0.792. The fraction of sp³-hybridized carbons (Fsp3) is 0. The molecule has 1 heterocycles. The Morgan fingerprint density at radius 3 is 3.25 bits per heavy atom. The maximum atomic E-state index is 7.97. The summed E-state index contributed by atoms with van der Waals surface area (Å²) in [6, 6.07) is 0. The standard InChI is InChI=1S/C4H3N3S/c5-7-3-4-6-1-2-8-4/h1-3H. The highest BCUT2D eigenvalue weighted by Gasteiger charge is 1.90. The molecule has 0 bridgehead atoms.